The van der Waals surface area contributed by atoms with Crippen LogP contribution < -0.4 is 19.8 Å². The van der Waals surface area contributed by atoms with Gasteiger partial charge in [0.25, 0.3) is 5.56 Å². The average molecular weight is 629 g/mol. The summed E-state index contributed by atoms with van der Waals surface area (Å²) in [5.74, 6) is 2.11. The van der Waals surface area contributed by atoms with Gasteiger partial charge in [0.15, 0.2) is 11.5 Å². The molecule has 192 valence electrons. The Kier molecular flexibility index (Phi) is 8.66. The molecule has 0 spiro atoms. The number of halogens is 2. The maximum atomic E-state index is 13.4. The summed E-state index contributed by atoms with van der Waals surface area (Å²) in [6.45, 7) is 4.43. The zero-order valence-electron chi connectivity index (χ0n) is 21.0. The first-order valence-corrected chi connectivity index (χ1v) is 13.3. The number of aromatic nitrogens is 2. The summed E-state index contributed by atoms with van der Waals surface area (Å²) in [6.07, 6.45) is 2.42. The maximum absolute atomic E-state index is 13.4. The van der Waals surface area contributed by atoms with Gasteiger partial charge in [-0.3, -0.25) is 4.79 Å². The van der Waals surface area contributed by atoms with Crippen molar-refractivity contribution in [3.63, 3.8) is 0 Å². The van der Waals surface area contributed by atoms with Gasteiger partial charge < -0.3 is 14.2 Å². The molecule has 0 saturated carbocycles. The van der Waals surface area contributed by atoms with Crippen LogP contribution in [0.15, 0.2) is 73.4 Å². The van der Waals surface area contributed by atoms with Gasteiger partial charge in [-0.25, -0.2) is 4.98 Å². The minimum absolute atomic E-state index is 0.0383. The van der Waals surface area contributed by atoms with Gasteiger partial charge in [0, 0.05) is 20.4 Å². The Morgan fingerprint density at radius 3 is 2.27 bits per heavy atom. The number of hydrogen-bond donors (Lipinski definition) is 0. The molecule has 0 bridgehead atoms. The van der Waals surface area contributed by atoms with Crippen LogP contribution in [0.5, 0.6) is 17.2 Å². The van der Waals surface area contributed by atoms with Crippen LogP contribution in [0.2, 0.25) is 0 Å². The molecule has 0 aliphatic carbocycles. The van der Waals surface area contributed by atoms with E-state index in [2.05, 4.69) is 43.9 Å². The van der Waals surface area contributed by atoms with Crippen molar-refractivity contribution >= 4 is 49.0 Å². The van der Waals surface area contributed by atoms with Crippen LogP contribution in [0.1, 0.15) is 43.1 Å². The highest BCUT2D eigenvalue weighted by atomic mass is 79.9. The van der Waals surface area contributed by atoms with Gasteiger partial charge in [-0.1, -0.05) is 57.8 Å². The third-order valence-electron chi connectivity index (χ3n) is 5.99. The molecule has 0 aliphatic heterocycles. The first kappa shape index (κ1) is 26.9. The molecule has 0 radical (unpaired) electrons. The second-order valence-electron chi connectivity index (χ2n) is 8.47. The monoisotopic (exact) mass is 627 g/mol. The number of hydrogen-bond acceptors (Lipinski definition) is 6. The van der Waals surface area contributed by atoms with Crippen molar-refractivity contribution in [1.29, 1.82) is 0 Å². The quantitative estimate of drug-likeness (QED) is 0.188. The van der Waals surface area contributed by atoms with Crippen LogP contribution >= 0.6 is 31.9 Å². The van der Waals surface area contributed by atoms with Crippen LogP contribution in [0, 0.1) is 0 Å². The Balaban J connectivity index is 1.72. The second kappa shape index (κ2) is 11.9. The molecule has 9 heteroatoms. The molecule has 0 amide bonds. The highest BCUT2D eigenvalue weighted by Crippen LogP contribution is 2.39. The van der Waals surface area contributed by atoms with E-state index in [1.165, 1.54) is 4.68 Å². The van der Waals surface area contributed by atoms with Crippen LogP contribution in [0.4, 0.5) is 0 Å². The molecule has 1 heterocycles. The van der Waals surface area contributed by atoms with Crippen molar-refractivity contribution < 1.29 is 14.2 Å². The second-order valence-corrected chi connectivity index (χ2v) is 10.3. The molecule has 4 rings (SSSR count). The molecular weight excluding hydrogens is 602 g/mol. The zero-order valence-corrected chi connectivity index (χ0v) is 24.2. The Morgan fingerprint density at radius 2 is 1.65 bits per heavy atom. The van der Waals surface area contributed by atoms with Gasteiger partial charge in [-0.05, 0) is 54.4 Å². The van der Waals surface area contributed by atoms with Gasteiger partial charge in [0.1, 0.15) is 12.4 Å². The highest BCUT2D eigenvalue weighted by Gasteiger charge is 2.17. The maximum Gasteiger partial charge on any atom is 0.282 e. The van der Waals surface area contributed by atoms with Gasteiger partial charge in [-0.15, -0.1) is 0 Å². The van der Waals surface area contributed by atoms with Gasteiger partial charge in [0.05, 0.1) is 31.3 Å². The molecule has 37 heavy (non-hydrogen) atoms. The zero-order chi connectivity index (χ0) is 26.5. The molecule has 1 atom stereocenters. The summed E-state index contributed by atoms with van der Waals surface area (Å²) < 4.78 is 20.4. The molecule has 0 fully saturated rings. The smallest absolute Gasteiger partial charge is 0.282 e. The average Bonchev–Trinajstić information content (AvgIpc) is 2.91. The van der Waals surface area contributed by atoms with E-state index in [1.54, 1.807) is 38.6 Å². The highest BCUT2D eigenvalue weighted by molar-refractivity contribution is 9.10. The van der Waals surface area contributed by atoms with Gasteiger partial charge in [-0.2, -0.15) is 9.78 Å². The van der Waals surface area contributed by atoms with E-state index in [9.17, 15) is 4.79 Å². The molecule has 0 unspecified atom stereocenters. The van der Waals surface area contributed by atoms with E-state index >= 15 is 0 Å². The standard InChI is InChI=1S/C28H27Br2N3O4/c1-5-17(2)27-32-23-11-10-21(30)14-22(23)28(34)33(27)31-15-19-12-24(35-3)26(25(13-19)36-4)37-16-18-6-8-20(29)9-7-18/h6-15,17H,5,16H2,1-4H3/t17-/m0/s1. The Hall–Kier alpha value is -3.17. The third kappa shape index (κ3) is 6.05. The summed E-state index contributed by atoms with van der Waals surface area (Å²) in [7, 11) is 3.14. The first-order valence-electron chi connectivity index (χ1n) is 11.7. The van der Waals surface area contributed by atoms with Gasteiger partial charge in [0.2, 0.25) is 5.75 Å². The fraction of sp³-hybridized carbons (Fsp3) is 0.250. The lowest BCUT2D eigenvalue weighted by atomic mass is 10.1. The van der Waals surface area contributed by atoms with Crippen LogP contribution in [0.25, 0.3) is 10.9 Å². The first-order chi connectivity index (χ1) is 17.8. The van der Waals surface area contributed by atoms with E-state index < -0.39 is 0 Å². The topological polar surface area (TPSA) is 74.9 Å². The number of ether oxygens (including phenoxy) is 3. The summed E-state index contributed by atoms with van der Waals surface area (Å²) in [5, 5.41) is 5.04. The molecule has 0 saturated heterocycles. The van der Waals surface area contributed by atoms with E-state index in [0.29, 0.717) is 46.1 Å². The number of rotatable bonds is 9. The van der Waals surface area contributed by atoms with Crippen LogP contribution in [-0.2, 0) is 6.61 Å². The van der Waals surface area contributed by atoms with Crippen molar-refractivity contribution in [2.24, 2.45) is 5.10 Å². The third-order valence-corrected chi connectivity index (χ3v) is 7.01. The number of nitrogens with zero attached hydrogens (tertiary/aromatic N) is 3. The van der Waals surface area contributed by atoms with E-state index in [0.717, 1.165) is 20.9 Å². The van der Waals surface area contributed by atoms with Crippen molar-refractivity contribution in [3.8, 4) is 17.2 Å². The molecule has 4 aromatic rings. The Bertz CT molecular complexity index is 1480. The summed E-state index contributed by atoms with van der Waals surface area (Å²) in [6, 6.07) is 16.9. The summed E-state index contributed by atoms with van der Waals surface area (Å²) in [4.78, 5) is 18.2. The van der Waals surface area contributed by atoms with Gasteiger partial charge >= 0.3 is 0 Å². The Morgan fingerprint density at radius 1 is 1.00 bits per heavy atom. The fourth-order valence-electron chi connectivity index (χ4n) is 3.76. The Labute approximate surface area is 232 Å². The lowest BCUT2D eigenvalue weighted by Crippen LogP contribution is -2.23. The minimum atomic E-state index is -0.230. The minimum Gasteiger partial charge on any atom is -0.493 e. The van der Waals surface area contributed by atoms with Crippen molar-refractivity contribution in [1.82, 2.24) is 9.66 Å². The lowest BCUT2D eigenvalue weighted by Gasteiger charge is -2.16. The molecule has 0 aliphatic rings. The molecule has 3 aromatic carbocycles. The molecule has 1 aromatic heterocycles. The lowest BCUT2D eigenvalue weighted by molar-refractivity contribution is 0.266. The molecule has 7 nitrogen and oxygen atoms in total. The van der Waals surface area contributed by atoms with E-state index in [4.69, 9.17) is 19.2 Å². The SMILES string of the molecule is CC[C@H](C)c1nc2ccc(Br)cc2c(=O)n1N=Cc1cc(OC)c(OCc2ccc(Br)cc2)c(OC)c1. The van der Waals surface area contributed by atoms with E-state index in [1.807, 2.05) is 43.3 Å². The summed E-state index contributed by atoms with van der Waals surface area (Å²) in [5.41, 5.74) is 2.10. The van der Waals surface area contributed by atoms with Crippen molar-refractivity contribution in [2.75, 3.05) is 14.2 Å². The van der Waals surface area contributed by atoms with Crippen molar-refractivity contribution in [2.45, 2.75) is 32.8 Å². The van der Waals surface area contributed by atoms with Crippen LogP contribution in [-0.4, -0.2) is 30.1 Å². The number of fused-ring (bicyclic) bond motifs is 1. The summed E-state index contributed by atoms with van der Waals surface area (Å²) >= 11 is 6.88. The fourth-order valence-corrected chi connectivity index (χ4v) is 4.38. The molecule has 0 N–H and O–H groups in total. The number of methoxy groups -OCH3 is 2. The predicted molar refractivity (Wildman–Crippen MR) is 153 cm³/mol. The normalized spacial score (nSPS) is 12.2. The number of benzene rings is 3. The molecular formula is C28H27Br2N3O4. The predicted octanol–water partition coefficient (Wildman–Crippen LogP) is 6.91. The van der Waals surface area contributed by atoms with Crippen LogP contribution in [0.3, 0.4) is 0 Å². The van der Waals surface area contributed by atoms with Crippen molar-refractivity contribution in [3.05, 3.63) is 90.8 Å². The van der Waals surface area contributed by atoms with E-state index in [-0.39, 0.29) is 11.5 Å². The largest absolute Gasteiger partial charge is 0.493 e.